The summed E-state index contributed by atoms with van der Waals surface area (Å²) >= 11 is 5.50. The molecular formula is C20H27N3OS. The number of benzene rings is 2. The maximum atomic E-state index is 5.51. The molecule has 2 rings (SSSR count). The van der Waals surface area contributed by atoms with Crippen LogP contribution in [-0.4, -0.2) is 37.8 Å². The molecule has 5 heteroatoms. The van der Waals surface area contributed by atoms with Gasteiger partial charge in [-0.25, -0.2) is 0 Å². The number of aryl methyl sites for hydroxylation is 2. The molecule has 0 aliphatic heterocycles. The molecule has 0 fully saturated rings. The van der Waals surface area contributed by atoms with E-state index >= 15 is 0 Å². The zero-order chi connectivity index (χ0) is 18.4. The lowest BCUT2D eigenvalue weighted by Crippen LogP contribution is -2.37. The first-order valence-corrected chi connectivity index (χ1v) is 8.75. The van der Waals surface area contributed by atoms with Crippen LogP contribution < -0.4 is 15.4 Å². The molecule has 0 bridgehead atoms. The van der Waals surface area contributed by atoms with E-state index in [1.165, 1.54) is 11.1 Å². The van der Waals surface area contributed by atoms with E-state index in [1.807, 2.05) is 18.2 Å². The van der Waals surface area contributed by atoms with Crippen LogP contribution in [-0.2, 0) is 0 Å². The van der Waals surface area contributed by atoms with Gasteiger partial charge in [0.2, 0.25) is 0 Å². The second-order valence-corrected chi connectivity index (χ2v) is 6.73. The summed E-state index contributed by atoms with van der Waals surface area (Å²) in [6, 6.07) is 14.4. The largest absolute Gasteiger partial charge is 0.496 e. The molecule has 0 spiro atoms. The van der Waals surface area contributed by atoms with Gasteiger partial charge in [0.05, 0.1) is 13.2 Å². The van der Waals surface area contributed by atoms with Gasteiger partial charge in [-0.15, -0.1) is 0 Å². The minimum absolute atomic E-state index is 0.147. The van der Waals surface area contributed by atoms with Gasteiger partial charge in [-0.05, 0) is 57.4 Å². The van der Waals surface area contributed by atoms with Gasteiger partial charge in [0.25, 0.3) is 0 Å². The summed E-state index contributed by atoms with van der Waals surface area (Å²) in [7, 11) is 5.81. The Morgan fingerprint density at radius 2 is 1.72 bits per heavy atom. The van der Waals surface area contributed by atoms with Crippen LogP contribution in [0.3, 0.4) is 0 Å². The van der Waals surface area contributed by atoms with Gasteiger partial charge in [-0.3, -0.25) is 0 Å². The zero-order valence-electron chi connectivity index (χ0n) is 15.6. The van der Waals surface area contributed by atoms with E-state index < -0.39 is 0 Å². The monoisotopic (exact) mass is 357 g/mol. The molecular weight excluding hydrogens is 330 g/mol. The van der Waals surface area contributed by atoms with Gasteiger partial charge in [-0.1, -0.05) is 36.4 Å². The van der Waals surface area contributed by atoms with Gasteiger partial charge < -0.3 is 20.3 Å². The maximum Gasteiger partial charge on any atom is 0.170 e. The van der Waals surface area contributed by atoms with Crippen LogP contribution in [0.4, 0.5) is 5.69 Å². The minimum Gasteiger partial charge on any atom is -0.496 e. The Morgan fingerprint density at radius 1 is 1.08 bits per heavy atom. The first-order chi connectivity index (χ1) is 11.9. The summed E-state index contributed by atoms with van der Waals surface area (Å²) < 4.78 is 5.51. The summed E-state index contributed by atoms with van der Waals surface area (Å²) in [5.41, 5.74) is 4.56. The number of methoxy groups -OCH3 is 1. The van der Waals surface area contributed by atoms with E-state index in [-0.39, 0.29) is 6.04 Å². The predicted molar refractivity (Wildman–Crippen MR) is 110 cm³/mol. The molecule has 2 aromatic carbocycles. The number of nitrogens with zero attached hydrogens (tertiary/aromatic N) is 1. The molecule has 0 unspecified atom stereocenters. The van der Waals surface area contributed by atoms with Crippen LogP contribution in [0.25, 0.3) is 0 Å². The Kier molecular flexibility index (Phi) is 6.79. The van der Waals surface area contributed by atoms with Crippen LogP contribution in [0.2, 0.25) is 0 Å². The van der Waals surface area contributed by atoms with E-state index in [0.717, 1.165) is 17.0 Å². The first kappa shape index (κ1) is 19.2. The number of ether oxygens (including phenoxy) is 1. The molecule has 0 aliphatic carbocycles. The second kappa shape index (κ2) is 8.83. The maximum absolute atomic E-state index is 5.51. The number of para-hydroxylation sites is 2. The quantitative estimate of drug-likeness (QED) is 0.767. The Balaban J connectivity index is 2.07. The first-order valence-electron chi connectivity index (χ1n) is 8.34. The van der Waals surface area contributed by atoms with Crippen LogP contribution >= 0.6 is 12.2 Å². The fourth-order valence-corrected chi connectivity index (χ4v) is 3.06. The minimum atomic E-state index is 0.147. The van der Waals surface area contributed by atoms with E-state index in [0.29, 0.717) is 11.7 Å². The van der Waals surface area contributed by atoms with Crippen LogP contribution in [0.1, 0.15) is 22.7 Å². The highest BCUT2D eigenvalue weighted by Gasteiger charge is 2.18. The van der Waals surface area contributed by atoms with Crippen molar-refractivity contribution < 1.29 is 4.74 Å². The molecule has 0 amide bonds. The molecule has 0 heterocycles. The van der Waals surface area contributed by atoms with Crippen LogP contribution in [0, 0.1) is 13.8 Å². The molecule has 0 radical (unpaired) electrons. The number of hydrogen-bond acceptors (Lipinski definition) is 3. The molecule has 0 saturated carbocycles. The van der Waals surface area contributed by atoms with Gasteiger partial charge >= 0.3 is 0 Å². The predicted octanol–water partition coefficient (Wildman–Crippen LogP) is 3.90. The van der Waals surface area contributed by atoms with Gasteiger partial charge in [0, 0.05) is 17.8 Å². The third-order valence-corrected chi connectivity index (χ3v) is 4.54. The lowest BCUT2D eigenvalue weighted by atomic mass is 10.0. The van der Waals surface area contributed by atoms with Crippen molar-refractivity contribution in [2.75, 3.05) is 33.1 Å². The zero-order valence-corrected chi connectivity index (χ0v) is 16.4. The fourth-order valence-electron chi connectivity index (χ4n) is 2.87. The van der Waals surface area contributed by atoms with E-state index in [9.17, 15) is 0 Å². The molecule has 0 saturated heterocycles. The van der Waals surface area contributed by atoms with Crippen LogP contribution in [0.15, 0.2) is 42.5 Å². The third-order valence-electron chi connectivity index (χ3n) is 4.30. The molecule has 0 aromatic heterocycles. The normalized spacial score (nSPS) is 11.9. The number of nitrogens with one attached hydrogen (secondary N) is 2. The highest BCUT2D eigenvalue weighted by molar-refractivity contribution is 7.80. The molecule has 134 valence electrons. The van der Waals surface area contributed by atoms with Gasteiger partial charge in [0.1, 0.15) is 5.75 Å². The summed E-state index contributed by atoms with van der Waals surface area (Å²) in [5, 5.41) is 7.29. The van der Waals surface area contributed by atoms with Crippen molar-refractivity contribution in [3.8, 4) is 5.75 Å². The van der Waals surface area contributed by atoms with E-state index in [2.05, 4.69) is 67.7 Å². The molecule has 2 aromatic rings. The van der Waals surface area contributed by atoms with Crippen molar-refractivity contribution in [1.29, 1.82) is 0 Å². The average molecular weight is 358 g/mol. The summed E-state index contributed by atoms with van der Waals surface area (Å²) in [6.45, 7) is 4.84. The number of rotatable bonds is 6. The SMILES string of the molecule is COc1ccccc1[C@@H](CNC(=S)Nc1c(C)cccc1C)N(C)C. The molecule has 25 heavy (non-hydrogen) atoms. The highest BCUT2D eigenvalue weighted by Crippen LogP contribution is 2.27. The lowest BCUT2D eigenvalue weighted by molar-refractivity contribution is 0.288. The second-order valence-electron chi connectivity index (χ2n) is 6.32. The summed E-state index contributed by atoms with van der Waals surface area (Å²) in [5.74, 6) is 0.886. The fraction of sp³-hybridized carbons (Fsp3) is 0.350. The topological polar surface area (TPSA) is 36.5 Å². The summed E-state index contributed by atoms with van der Waals surface area (Å²) in [4.78, 5) is 2.16. The smallest absolute Gasteiger partial charge is 0.170 e. The van der Waals surface area contributed by atoms with Crippen molar-refractivity contribution >= 4 is 23.0 Å². The van der Waals surface area contributed by atoms with Gasteiger partial charge in [-0.2, -0.15) is 0 Å². The molecule has 1 atom stereocenters. The Bertz CT molecular complexity index is 710. The van der Waals surface area contributed by atoms with E-state index in [1.54, 1.807) is 7.11 Å². The van der Waals surface area contributed by atoms with Crippen molar-refractivity contribution in [2.24, 2.45) is 0 Å². The Labute approximate surface area is 156 Å². The number of thiocarbonyl (C=S) groups is 1. The lowest BCUT2D eigenvalue weighted by Gasteiger charge is -2.27. The van der Waals surface area contributed by atoms with Crippen LogP contribution in [0.5, 0.6) is 5.75 Å². The van der Waals surface area contributed by atoms with Crippen molar-refractivity contribution in [3.63, 3.8) is 0 Å². The average Bonchev–Trinajstić information content (AvgIpc) is 2.58. The van der Waals surface area contributed by atoms with Gasteiger partial charge in [0.15, 0.2) is 5.11 Å². The Morgan fingerprint density at radius 3 is 2.32 bits per heavy atom. The van der Waals surface area contributed by atoms with Crippen molar-refractivity contribution in [3.05, 3.63) is 59.2 Å². The Hall–Kier alpha value is -2.11. The third kappa shape index (κ3) is 4.94. The van der Waals surface area contributed by atoms with Crippen molar-refractivity contribution in [1.82, 2.24) is 10.2 Å². The highest BCUT2D eigenvalue weighted by atomic mass is 32.1. The summed E-state index contributed by atoms with van der Waals surface area (Å²) in [6.07, 6.45) is 0. The molecule has 0 aliphatic rings. The molecule has 4 nitrogen and oxygen atoms in total. The molecule has 2 N–H and O–H groups in total. The standard InChI is InChI=1S/C20H27N3OS/c1-14-9-8-10-15(2)19(14)22-20(25)21-13-17(23(3)4)16-11-6-7-12-18(16)24-5/h6-12,17H,13H2,1-5H3,(H2,21,22,25)/t17-/m1/s1. The number of likely N-dealkylation sites (N-methyl/N-ethyl adjacent to an activating group) is 1. The number of anilines is 1. The number of hydrogen-bond donors (Lipinski definition) is 2. The van der Waals surface area contributed by atoms with E-state index in [4.69, 9.17) is 17.0 Å². The van der Waals surface area contributed by atoms with Crippen molar-refractivity contribution in [2.45, 2.75) is 19.9 Å².